The molecule has 1 aromatic carbocycles. The number of nitrogens with two attached hydrogens (primary N) is 1. The summed E-state index contributed by atoms with van der Waals surface area (Å²) in [4.78, 5) is 0. The van der Waals surface area contributed by atoms with E-state index in [9.17, 15) is 0 Å². The Hall–Kier alpha value is -1.44. The number of nitrogens with zero attached hydrogens (tertiary/aromatic N) is 2. The van der Waals surface area contributed by atoms with Crippen LogP contribution < -0.4 is 15.2 Å². The Bertz CT molecular complexity index is 654. The molecule has 0 bridgehead atoms. The Morgan fingerprint density at radius 1 is 1.55 bits per heavy atom. The zero-order valence-electron chi connectivity index (χ0n) is 11.4. The van der Waals surface area contributed by atoms with Crippen molar-refractivity contribution < 1.29 is 9.47 Å². The van der Waals surface area contributed by atoms with Gasteiger partial charge in [0.25, 0.3) is 0 Å². The first kappa shape index (κ1) is 13.5. The van der Waals surface area contributed by atoms with Gasteiger partial charge in [0.15, 0.2) is 0 Å². The number of hydrogen-bond donors (Lipinski definition) is 1. The quantitative estimate of drug-likeness (QED) is 0.825. The molecule has 0 fully saturated rings. The summed E-state index contributed by atoms with van der Waals surface area (Å²) >= 11 is 2.17. The van der Waals surface area contributed by atoms with Crippen LogP contribution in [0, 0.1) is 3.57 Å². The highest BCUT2D eigenvalue weighted by Gasteiger charge is 2.22. The summed E-state index contributed by atoms with van der Waals surface area (Å²) in [6, 6.07) is 4.09. The van der Waals surface area contributed by atoms with Crippen molar-refractivity contribution in [3.8, 4) is 11.5 Å². The third-order valence-electron chi connectivity index (χ3n) is 3.45. The van der Waals surface area contributed by atoms with Gasteiger partial charge in [0.05, 0.1) is 23.4 Å². The maximum atomic E-state index is 6.00. The van der Waals surface area contributed by atoms with Crippen LogP contribution in [0.4, 0.5) is 5.82 Å². The molecule has 1 atom stereocenters. The van der Waals surface area contributed by atoms with Crippen molar-refractivity contribution in [3.63, 3.8) is 0 Å². The Morgan fingerprint density at radius 2 is 2.35 bits per heavy atom. The van der Waals surface area contributed by atoms with Crippen LogP contribution in [0.5, 0.6) is 11.5 Å². The van der Waals surface area contributed by atoms with Crippen molar-refractivity contribution in [2.45, 2.75) is 26.0 Å². The van der Waals surface area contributed by atoms with Gasteiger partial charge in [-0.1, -0.05) is 0 Å². The Balaban J connectivity index is 1.97. The van der Waals surface area contributed by atoms with Gasteiger partial charge in [-0.05, 0) is 41.6 Å². The number of fused-ring (bicyclic) bond motifs is 1. The largest absolute Gasteiger partial charge is 0.496 e. The molecular weight excluding hydrogens is 369 g/mol. The third kappa shape index (κ3) is 2.32. The standard InChI is InChI=1S/C14H16IN3O2/c1-8-3-9-4-12(19-2)10(5-13(9)20-8)7-18-14(16)11(15)6-17-18/h4-6,8H,3,7,16H2,1-2H3. The lowest BCUT2D eigenvalue weighted by molar-refractivity contribution is 0.254. The summed E-state index contributed by atoms with van der Waals surface area (Å²) in [6.07, 6.45) is 2.91. The molecule has 106 valence electrons. The molecule has 2 N–H and O–H groups in total. The Labute approximate surface area is 131 Å². The fourth-order valence-electron chi connectivity index (χ4n) is 2.45. The smallest absolute Gasteiger partial charge is 0.135 e. The van der Waals surface area contributed by atoms with Crippen LogP contribution in [0.25, 0.3) is 0 Å². The second-order valence-corrected chi connectivity index (χ2v) is 6.10. The molecule has 1 unspecified atom stereocenters. The molecule has 2 aromatic rings. The van der Waals surface area contributed by atoms with E-state index in [0.29, 0.717) is 12.4 Å². The SMILES string of the molecule is COc1cc2c(cc1Cn1ncc(I)c1N)OC(C)C2. The van der Waals surface area contributed by atoms with Crippen molar-refractivity contribution in [2.24, 2.45) is 0 Å². The minimum absolute atomic E-state index is 0.223. The molecule has 3 rings (SSSR count). The van der Waals surface area contributed by atoms with Crippen molar-refractivity contribution in [3.05, 3.63) is 33.0 Å². The zero-order chi connectivity index (χ0) is 14.3. The van der Waals surface area contributed by atoms with Gasteiger partial charge in [-0.25, -0.2) is 4.68 Å². The van der Waals surface area contributed by atoms with Crippen LogP contribution >= 0.6 is 22.6 Å². The van der Waals surface area contributed by atoms with Gasteiger partial charge >= 0.3 is 0 Å². The number of halogens is 1. The fraction of sp³-hybridized carbons (Fsp3) is 0.357. The van der Waals surface area contributed by atoms with Gasteiger partial charge in [-0.15, -0.1) is 0 Å². The number of methoxy groups -OCH3 is 1. The van der Waals surface area contributed by atoms with Crippen molar-refractivity contribution in [1.82, 2.24) is 9.78 Å². The van der Waals surface area contributed by atoms with E-state index >= 15 is 0 Å². The van der Waals surface area contributed by atoms with Crippen LogP contribution in [0.15, 0.2) is 18.3 Å². The third-order valence-corrected chi connectivity index (χ3v) is 4.28. The summed E-state index contributed by atoms with van der Waals surface area (Å²) in [6.45, 7) is 2.64. The normalized spacial score (nSPS) is 16.9. The second kappa shape index (κ2) is 5.16. The van der Waals surface area contributed by atoms with E-state index in [4.69, 9.17) is 15.2 Å². The minimum Gasteiger partial charge on any atom is -0.496 e. The van der Waals surface area contributed by atoms with E-state index in [0.717, 1.165) is 27.1 Å². The van der Waals surface area contributed by atoms with E-state index in [1.54, 1.807) is 18.0 Å². The lowest BCUT2D eigenvalue weighted by atomic mass is 10.1. The number of rotatable bonds is 3. The number of anilines is 1. The predicted molar refractivity (Wildman–Crippen MR) is 85.2 cm³/mol. The minimum atomic E-state index is 0.223. The van der Waals surface area contributed by atoms with Crippen LogP contribution in [0.3, 0.4) is 0 Å². The molecule has 6 heteroatoms. The molecule has 1 aliphatic heterocycles. The van der Waals surface area contributed by atoms with Gasteiger partial charge in [-0.3, -0.25) is 0 Å². The summed E-state index contributed by atoms with van der Waals surface area (Å²) in [5.41, 5.74) is 8.21. The molecule has 0 saturated carbocycles. The van der Waals surface area contributed by atoms with Crippen molar-refractivity contribution >= 4 is 28.4 Å². The summed E-state index contributed by atoms with van der Waals surface area (Å²) in [7, 11) is 1.68. The van der Waals surface area contributed by atoms with E-state index in [2.05, 4.69) is 40.7 Å². The van der Waals surface area contributed by atoms with E-state index in [1.165, 1.54) is 5.56 Å². The highest BCUT2D eigenvalue weighted by atomic mass is 127. The fourth-order valence-corrected chi connectivity index (χ4v) is 2.86. The highest BCUT2D eigenvalue weighted by Crippen LogP contribution is 2.35. The van der Waals surface area contributed by atoms with Crippen LogP contribution in [0.2, 0.25) is 0 Å². The van der Waals surface area contributed by atoms with Gasteiger partial charge < -0.3 is 15.2 Å². The molecule has 5 nitrogen and oxygen atoms in total. The average molecular weight is 385 g/mol. The average Bonchev–Trinajstić information content (AvgIpc) is 2.93. The first-order valence-corrected chi connectivity index (χ1v) is 7.49. The molecular formula is C14H16IN3O2. The van der Waals surface area contributed by atoms with Gasteiger partial charge in [0.2, 0.25) is 0 Å². The number of nitrogen functional groups attached to an aromatic ring is 1. The number of benzene rings is 1. The summed E-state index contributed by atoms with van der Waals surface area (Å²) in [5, 5.41) is 4.28. The topological polar surface area (TPSA) is 62.3 Å². The first-order chi connectivity index (χ1) is 9.58. The van der Waals surface area contributed by atoms with Crippen LogP contribution in [-0.2, 0) is 13.0 Å². The second-order valence-electron chi connectivity index (χ2n) is 4.94. The van der Waals surface area contributed by atoms with E-state index < -0.39 is 0 Å². The van der Waals surface area contributed by atoms with E-state index in [-0.39, 0.29) is 6.10 Å². The monoisotopic (exact) mass is 385 g/mol. The summed E-state index contributed by atoms with van der Waals surface area (Å²) in [5.74, 6) is 2.46. The predicted octanol–water partition coefficient (Wildman–Crippen LogP) is 2.45. The maximum absolute atomic E-state index is 6.00. The van der Waals surface area contributed by atoms with Crippen LogP contribution in [-0.4, -0.2) is 23.0 Å². The molecule has 2 heterocycles. The molecule has 0 aliphatic carbocycles. The maximum Gasteiger partial charge on any atom is 0.135 e. The van der Waals surface area contributed by atoms with Gasteiger partial charge in [0, 0.05) is 17.5 Å². The number of hydrogen-bond acceptors (Lipinski definition) is 4. The molecule has 0 spiro atoms. The lowest BCUT2D eigenvalue weighted by Crippen LogP contribution is -2.08. The Kier molecular flexibility index (Phi) is 3.49. The van der Waals surface area contributed by atoms with Crippen LogP contribution in [0.1, 0.15) is 18.1 Å². The van der Waals surface area contributed by atoms with Gasteiger partial charge in [-0.2, -0.15) is 5.10 Å². The molecule has 0 amide bonds. The number of ether oxygens (including phenoxy) is 2. The van der Waals surface area contributed by atoms with Crippen molar-refractivity contribution in [1.29, 1.82) is 0 Å². The lowest BCUT2D eigenvalue weighted by Gasteiger charge is -2.12. The molecule has 0 radical (unpaired) electrons. The Morgan fingerprint density at radius 3 is 3.00 bits per heavy atom. The first-order valence-electron chi connectivity index (χ1n) is 6.41. The zero-order valence-corrected chi connectivity index (χ0v) is 13.5. The van der Waals surface area contributed by atoms with Gasteiger partial charge in [0.1, 0.15) is 23.4 Å². The molecule has 1 aromatic heterocycles. The number of aromatic nitrogens is 2. The summed E-state index contributed by atoms with van der Waals surface area (Å²) < 4.78 is 14.0. The molecule has 20 heavy (non-hydrogen) atoms. The molecule has 0 saturated heterocycles. The molecule has 1 aliphatic rings. The van der Waals surface area contributed by atoms with E-state index in [1.807, 2.05) is 6.07 Å². The van der Waals surface area contributed by atoms with Crippen molar-refractivity contribution in [2.75, 3.05) is 12.8 Å². The highest BCUT2D eigenvalue weighted by molar-refractivity contribution is 14.1.